The molecule has 0 N–H and O–H groups in total. The summed E-state index contributed by atoms with van der Waals surface area (Å²) >= 11 is 7.60. The van der Waals surface area contributed by atoms with E-state index in [9.17, 15) is 0 Å². The lowest BCUT2D eigenvalue weighted by Gasteiger charge is -1.61. The Hall–Kier alpha value is 0.440. The first-order valence-corrected chi connectivity index (χ1v) is 2.84. The summed E-state index contributed by atoms with van der Waals surface area (Å²) in [6.07, 6.45) is 1.86. The SMILES string of the molecule is [S]C=CCBr. The average Bonchev–Trinajstić information content (AvgIpc) is 1.41. The maximum atomic E-state index is 4.44. The number of hydrogen-bond donors (Lipinski definition) is 0. The fourth-order valence-corrected chi connectivity index (χ4v) is 0.567. The quantitative estimate of drug-likeness (QED) is 0.504. The Morgan fingerprint density at radius 3 is 2.40 bits per heavy atom. The van der Waals surface area contributed by atoms with Crippen LogP contribution in [0.15, 0.2) is 11.5 Å². The Morgan fingerprint density at radius 2 is 2.40 bits per heavy atom. The van der Waals surface area contributed by atoms with Gasteiger partial charge in [-0.25, -0.2) is 0 Å². The van der Waals surface area contributed by atoms with Gasteiger partial charge in [-0.05, 0) is 5.41 Å². The van der Waals surface area contributed by atoms with E-state index >= 15 is 0 Å². The van der Waals surface area contributed by atoms with Crippen molar-refractivity contribution in [2.45, 2.75) is 0 Å². The van der Waals surface area contributed by atoms with E-state index < -0.39 is 0 Å². The van der Waals surface area contributed by atoms with Crippen LogP contribution in [-0.4, -0.2) is 5.33 Å². The van der Waals surface area contributed by atoms with Gasteiger partial charge < -0.3 is 0 Å². The zero-order valence-electron chi connectivity index (χ0n) is 2.65. The van der Waals surface area contributed by atoms with Crippen molar-refractivity contribution in [3.8, 4) is 0 Å². The third-order valence-electron chi connectivity index (χ3n) is 0.185. The molecule has 0 fully saturated rings. The molecule has 29 valence electrons. The van der Waals surface area contributed by atoms with Crippen molar-refractivity contribution in [3.63, 3.8) is 0 Å². The molecular formula is C3H4BrS. The van der Waals surface area contributed by atoms with E-state index in [-0.39, 0.29) is 0 Å². The van der Waals surface area contributed by atoms with Crippen LogP contribution >= 0.6 is 28.6 Å². The van der Waals surface area contributed by atoms with Gasteiger partial charge in [-0.3, -0.25) is 0 Å². The van der Waals surface area contributed by atoms with Gasteiger partial charge in [0.1, 0.15) is 0 Å². The molecule has 0 bridgehead atoms. The van der Waals surface area contributed by atoms with E-state index in [4.69, 9.17) is 0 Å². The standard InChI is InChI=1S/C3H4BrS/c4-2-1-3-5/h1,3H,2H2. The summed E-state index contributed by atoms with van der Waals surface area (Å²) < 4.78 is 0. The minimum Gasteiger partial charge on any atom is -0.0890 e. The topological polar surface area (TPSA) is 0 Å². The van der Waals surface area contributed by atoms with Crippen LogP contribution in [-0.2, 0) is 0 Å². The smallest absolute Gasteiger partial charge is 0.0223 e. The molecule has 0 saturated heterocycles. The summed E-state index contributed by atoms with van der Waals surface area (Å²) in [7, 11) is 0. The molecule has 0 nitrogen and oxygen atoms in total. The van der Waals surface area contributed by atoms with E-state index in [0.717, 1.165) is 5.33 Å². The number of halogens is 1. The molecule has 0 amide bonds. The molecule has 0 atom stereocenters. The molecule has 5 heavy (non-hydrogen) atoms. The maximum Gasteiger partial charge on any atom is 0.0223 e. The Kier molecular flexibility index (Phi) is 4.83. The van der Waals surface area contributed by atoms with Gasteiger partial charge in [-0.2, -0.15) is 0 Å². The van der Waals surface area contributed by atoms with E-state index in [1.807, 2.05) is 6.08 Å². The van der Waals surface area contributed by atoms with Crippen LogP contribution in [0.2, 0.25) is 0 Å². The van der Waals surface area contributed by atoms with Crippen molar-refractivity contribution in [3.05, 3.63) is 11.5 Å². The molecule has 0 unspecified atom stereocenters. The molecule has 1 radical (unpaired) electrons. The second-order valence-electron chi connectivity index (χ2n) is 0.526. The van der Waals surface area contributed by atoms with E-state index in [1.165, 1.54) is 0 Å². The van der Waals surface area contributed by atoms with Gasteiger partial charge in [-0.15, -0.1) is 0 Å². The summed E-state index contributed by atoms with van der Waals surface area (Å²) in [6.45, 7) is 0. The summed E-state index contributed by atoms with van der Waals surface area (Å²) in [5, 5.41) is 2.46. The third-order valence-corrected chi connectivity index (χ3v) is 0.752. The first-order valence-electron chi connectivity index (χ1n) is 1.24. The average molecular weight is 152 g/mol. The number of rotatable bonds is 1. The van der Waals surface area contributed by atoms with Crippen LogP contribution in [0.25, 0.3) is 0 Å². The van der Waals surface area contributed by atoms with Crippen LogP contribution in [0.5, 0.6) is 0 Å². The Bertz CT molecular complexity index is 33.9. The van der Waals surface area contributed by atoms with Crippen LogP contribution < -0.4 is 0 Å². The van der Waals surface area contributed by atoms with Gasteiger partial charge in [-0.1, -0.05) is 34.6 Å². The lowest BCUT2D eigenvalue weighted by atomic mass is 10.8. The van der Waals surface area contributed by atoms with E-state index in [2.05, 4.69) is 28.6 Å². The summed E-state index contributed by atoms with van der Waals surface area (Å²) in [4.78, 5) is 0. The first kappa shape index (κ1) is 5.44. The summed E-state index contributed by atoms with van der Waals surface area (Å²) in [6, 6.07) is 0. The molecule has 0 aromatic carbocycles. The minimum absolute atomic E-state index is 0.872. The molecule has 0 saturated carbocycles. The van der Waals surface area contributed by atoms with Crippen molar-refractivity contribution in [1.29, 1.82) is 0 Å². The zero-order valence-corrected chi connectivity index (χ0v) is 5.05. The van der Waals surface area contributed by atoms with Crippen molar-refractivity contribution in [2.75, 3.05) is 5.33 Å². The number of hydrogen-bond acceptors (Lipinski definition) is 0. The lowest BCUT2D eigenvalue weighted by molar-refractivity contribution is 1.86. The summed E-state index contributed by atoms with van der Waals surface area (Å²) in [5.74, 6) is 0. The second-order valence-corrected chi connectivity index (χ2v) is 1.45. The van der Waals surface area contributed by atoms with Gasteiger partial charge in [0.05, 0.1) is 0 Å². The lowest BCUT2D eigenvalue weighted by Crippen LogP contribution is -1.47. The fraction of sp³-hybridized carbons (Fsp3) is 0.333. The van der Waals surface area contributed by atoms with Gasteiger partial charge in [0.2, 0.25) is 0 Å². The number of alkyl halides is 1. The van der Waals surface area contributed by atoms with Gasteiger partial charge >= 0.3 is 0 Å². The van der Waals surface area contributed by atoms with Gasteiger partial charge in [0, 0.05) is 5.33 Å². The van der Waals surface area contributed by atoms with Gasteiger partial charge in [0.25, 0.3) is 0 Å². The maximum absolute atomic E-state index is 4.44. The van der Waals surface area contributed by atoms with Crippen LogP contribution in [0.1, 0.15) is 0 Å². The first-order chi connectivity index (χ1) is 2.41. The Balaban J connectivity index is 2.62. The number of allylic oxidation sites excluding steroid dienone is 1. The zero-order chi connectivity index (χ0) is 4.12. The van der Waals surface area contributed by atoms with Crippen LogP contribution in [0, 0.1) is 0 Å². The van der Waals surface area contributed by atoms with Crippen LogP contribution in [0.3, 0.4) is 0 Å². The normalized spacial score (nSPS) is 9.80. The van der Waals surface area contributed by atoms with Crippen molar-refractivity contribution < 1.29 is 0 Å². The monoisotopic (exact) mass is 151 g/mol. The predicted octanol–water partition coefficient (Wildman–Crippen LogP) is 2.09. The molecule has 0 aliphatic carbocycles. The summed E-state index contributed by atoms with van der Waals surface area (Å²) in [5.41, 5.74) is 0. The van der Waals surface area contributed by atoms with Gasteiger partial charge in [0.15, 0.2) is 0 Å². The molecule has 0 rings (SSSR count). The van der Waals surface area contributed by atoms with Crippen molar-refractivity contribution in [2.24, 2.45) is 0 Å². The highest BCUT2D eigenvalue weighted by atomic mass is 79.9. The highest BCUT2D eigenvalue weighted by Crippen LogP contribution is 1.81. The second kappa shape index (κ2) is 4.44. The van der Waals surface area contributed by atoms with Crippen LogP contribution in [0.4, 0.5) is 0 Å². The van der Waals surface area contributed by atoms with E-state index in [1.54, 1.807) is 5.41 Å². The molecule has 0 aromatic rings. The third kappa shape index (κ3) is 4.44. The molecule has 2 heteroatoms. The van der Waals surface area contributed by atoms with Crippen molar-refractivity contribution >= 4 is 28.6 Å². The molecule has 0 spiro atoms. The highest BCUT2D eigenvalue weighted by Gasteiger charge is 1.55. The van der Waals surface area contributed by atoms with Crippen molar-refractivity contribution in [1.82, 2.24) is 0 Å². The van der Waals surface area contributed by atoms with E-state index in [0.29, 0.717) is 0 Å². The Labute approximate surface area is 45.8 Å². The largest absolute Gasteiger partial charge is 0.0890 e. The highest BCUT2D eigenvalue weighted by molar-refractivity contribution is 9.09. The predicted molar refractivity (Wildman–Crippen MR) is 30.5 cm³/mol. The molecule has 0 aliphatic heterocycles. The molecule has 0 aromatic heterocycles. The fourth-order valence-electron chi connectivity index (χ4n) is 0.0364. The molecular weight excluding hydrogens is 148 g/mol. The Morgan fingerprint density at radius 1 is 1.80 bits per heavy atom. The minimum atomic E-state index is 0.872. The molecule has 0 heterocycles. The molecule has 0 aliphatic rings.